The second kappa shape index (κ2) is 14.0. The molecule has 0 bridgehead atoms. The molecule has 0 aliphatic carbocycles. The Morgan fingerprint density at radius 1 is 0.585 bits per heavy atom. The Bertz CT molecular complexity index is 1100. The topological polar surface area (TPSA) is 57.7 Å². The maximum absolute atomic E-state index is 14.4. The summed E-state index contributed by atoms with van der Waals surface area (Å²) in [7, 11) is 0. The molecule has 5 nitrogen and oxygen atoms in total. The van der Waals surface area contributed by atoms with Crippen molar-refractivity contribution < 1.29 is 14.4 Å². The van der Waals surface area contributed by atoms with Gasteiger partial charge in [0, 0.05) is 23.7 Å². The number of carbonyl (C=O) groups excluding carboxylic acids is 3. The second-order valence-corrected chi connectivity index (χ2v) is 14.9. The van der Waals surface area contributed by atoms with Crippen molar-refractivity contribution in [3.8, 4) is 0 Å². The Kier molecular flexibility index (Phi) is 11.4. The Morgan fingerprint density at radius 2 is 0.927 bits per heavy atom. The van der Waals surface area contributed by atoms with Crippen molar-refractivity contribution in [2.24, 2.45) is 5.41 Å². The molecule has 1 aliphatic heterocycles. The van der Waals surface area contributed by atoms with E-state index in [-0.39, 0.29) is 35.5 Å². The van der Waals surface area contributed by atoms with Gasteiger partial charge in [-0.15, -0.1) is 0 Å². The first-order valence-corrected chi connectivity index (χ1v) is 17.0. The summed E-state index contributed by atoms with van der Waals surface area (Å²) >= 11 is 6.92. The summed E-state index contributed by atoms with van der Waals surface area (Å²) in [6.45, 7) is 13.6. The SMILES string of the molecule is CC(C)(C)c1ccc(CC2(Cc3ccc(C(C)(C)C)cc3)C(=O)N(CCCCBr)C(=O)N(CCCCBr)C2=O)cc1. The molecule has 1 saturated heterocycles. The van der Waals surface area contributed by atoms with Crippen molar-refractivity contribution in [2.75, 3.05) is 23.7 Å². The van der Waals surface area contributed by atoms with E-state index in [1.54, 1.807) is 0 Å². The molecule has 2 aromatic carbocycles. The van der Waals surface area contributed by atoms with Crippen molar-refractivity contribution in [3.63, 3.8) is 0 Å². The number of amides is 4. The summed E-state index contributed by atoms with van der Waals surface area (Å²) in [5, 5.41) is 1.59. The predicted molar refractivity (Wildman–Crippen MR) is 175 cm³/mol. The number of barbiturate groups is 1. The van der Waals surface area contributed by atoms with E-state index in [1.165, 1.54) is 20.9 Å². The van der Waals surface area contributed by atoms with Gasteiger partial charge in [-0.05, 0) is 71.6 Å². The van der Waals surface area contributed by atoms with Crippen LogP contribution in [0.5, 0.6) is 0 Å². The maximum atomic E-state index is 14.4. The maximum Gasteiger partial charge on any atom is 0.333 e. The third-order valence-electron chi connectivity index (χ3n) is 7.95. The quantitative estimate of drug-likeness (QED) is 0.128. The molecule has 0 saturated carbocycles. The number of benzene rings is 2. The lowest BCUT2D eigenvalue weighted by atomic mass is 9.72. The van der Waals surface area contributed by atoms with Gasteiger partial charge in [0.05, 0.1) is 0 Å². The molecular formula is C34H46Br2N2O3. The van der Waals surface area contributed by atoms with Crippen LogP contribution in [0.15, 0.2) is 48.5 Å². The summed E-state index contributed by atoms with van der Waals surface area (Å²) in [6, 6.07) is 16.0. The van der Waals surface area contributed by atoms with Crippen LogP contribution in [0.1, 0.15) is 89.5 Å². The molecule has 0 spiro atoms. The van der Waals surface area contributed by atoms with E-state index in [2.05, 4.69) is 97.7 Å². The van der Waals surface area contributed by atoms with E-state index in [1.807, 2.05) is 24.3 Å². The minimum atomic E-state index is -1.40. The molecule has 0 aromatic heterocycles. The predicted octanol–water partition coefficient (Wildman–Crippen LogP) is 8.19. The first kappa shape index (κ1) is 33.5. The molecule has 4 amide bonds. The van der Waals surface area contributed by atoms with Gasteiger partial charge >= 0.3 is 6.03 Å². The molecule has 224 valence electrons. The summed E-state index contributed by atoms with van der Waals surface area (Å²) in [5.74, 6) is -0.753. The van der Waals surface area contributed by atoms with Crippen LogP contribution in [-0.2, 0) is 33.3 Å². The lowest BCUT2D eigenvalue weighted by molar-refractivity contribution is -0.159. The van der Waals surface area contributed by atoms with Gasteiger partial charge < -0.3 is 0 Å². The number of halogens is 2. The molecule has 1 fully saturated rings. The van der Waals surface area contributed by atoms with E-state index >= 15 is 0 Å². The molecule has 3 rings (SSSR count). The van der Waals surface area contributed by atoms with E-state index in [0.717, 1.165) is 34.6 Å². The number of imide groups is 2. The fourth-order valence-corrected chi connectivity index (χ4v) is 6.15. The lowest BCUT2D eigenvalue weighted by Gasteiger charge is -2.44. The van der Waals surface area contributed by atoms with Crippen molar-refractivity contribution in [1.29, 1.82) is 0 Å². The zero-order chi connectivity index (χ0) is 30.4. The normalized spacial score (nSPS) is 16.0. The highest BCUT2D eigenvalue weighted by atomic mass is 79.9. The summed E-state index contributed by atoms with van der Waals surface area (Å²) < 4.78 is 0. The minimum Gasteiger partial charge on any atom is -0.273 e. The Hall–Kier alpha value is -1.99. The highest BCUT2D eigenvalue weighted by molar-refractivity contribution is 9.09. The molecule has 41 heavy (non-hydrogen) atoms. The van der Waals surface area contributed by atoms with Crippen LogP contribution < -0.4 is 0 Å². The highest BCUT2D eigenvalue weighted by Crippen LogP contribution is 2.38. The zero-order valence-electron chi connectivity index (χ0n) is 25.6. The fraction of sp³-hybridized carbons (Fsp3) is 0.559. The van der Waals surface area contributed by atoms with Gasteiger partial charge in [-0.3, -0.25) is 19.4 Å². The zero-order valence-corrected chi connectivity index (χ0v) is 28.7. The van der Waals surface area contributed by atoms with Gasteiger partial charge in [-0.2, -0.15) is 0 Å². The summed E-state index contributed by atoms with van der Waals surface area (Å²) in [6.07, 6.45) is 3.53. The number of hydrogen-bond acceptors (Lipinski definition) is 3. The fourth-order valence-electron chi connectivity index (χ4n) is 5.36. The van der Waals surface area contributed by atoms with E-state index < -0.39 is 11.4 Å². The molecule has 1 heterocycles. The Morgan fingerprint density at radius 3 is 1.22 bits per heavy atom. The average molecular weight is 691 g/mol. The monoisotopic (exact) mass is 688 g/mol. The van der Waals surface area contributed by atoms with Gasteiger partial charge in [0.1, 0.15) is 5.41 Å². The molecule has 0 atom stereocenters. The lowest BCUT2D eigenvalue weighted by Crippen LogP contribution is -2.66. The number of nitrogens with zero attached hydrogens (tertiary/aromatic N) is 2. The van der Waals surface area contributed by atoms with Gasteiger partial charge in [0.2, 0.25) is 11.8 Å². The first-order chi connectivity index (χ1) is 19.2. The van der Waals surface area contributed by atoms with Gasteiger partial charge in [0.25, 0.3) is 0 Å². The van der Waals surface area contributed by atoms with E-state index in [4.69, 9.17) is 0 Å². The number of alkyl halides is 2. The Labute approximate surface area is 263 Å². The van der Waals surface area contributed by atoms with Crippen LogP contribution in [0.4, 0.5) is 4.79 Å². The number of unbranched alkanes of at least 4 members (excludes halogenated alkanes) is 2. The molecule has 7 heteroatoms. The van der Waals surface area contributed by atoms with Crippen molar-refractivity contribution in [3.05, 3.63) is 70.8 Å². The second-order valence-electron chi connectivity index (χ2n) is 13.3. The summed E-state index contributed by atoms with van der Waals surface area (Å²) in [4.78, 5) is 45.2. The van der Waals surface area contributed by atoms with Crippen LogP contribution in [0.25, 0.3) is 0 Å². The third kappa shape index (κ3) is 8.10. The molecule has 0 N–H and O–H groups in total. The molecule has 1 aliphatic rings. The smallest absolute Gasteiger partial charge is 0.273 e. The standard InChI is InChI=1S/C34H46Br2N2O3/c1-32(2,3)27-15-11-25(12-16-27)23-34(24-26-13-17-28(18-14-26)33(4,5)6)29(39)37(21-9-7-19-35)31(41)38(30(34)40)22-10-8-20-36/h11-18H,7-10,19-24H2,1-6H3. The number of hydrogen-bond donors (Lipinski definition) is 0. The third-order valence-corrected chi connectivity index (χ3v) is 9.07. The molecular weight excluding hydrogens is 644 g/mol. The van der Waals surface area contributed by atoms with Crippen LogP contribution in [0, 0.1) is 5.41 Å². The van der Waals surface area contributed by atoms with Crippen molar-refractivity contribution >= 4 is 49.7 Å². The number of urea groups is 1. The molecule has 2 aromatic rings. The van der Waals surface area contributed by atoms with Crippen LogP contribution in [0.2, 0.25) is 0 Å². The highest BCUT2D eigenvalue weighted by Gasteiger charge is 2.56. The molecule has 0 radical (unpaired) electrons. The van der Waals surface area contributed by atoms with Gasteiger partial charge in [-0.25, -0.2) is 4.79 Å². The van der Waals surface area contributed by atoms with Crippen molar-refractivity contribution in [2.45, 2.75) is 90.9 Å². The van der Waals surface area contributed by atoms with Crippen LogP contribution in [0.3, 0.4) is 0 Å². The van der Waals surface area contributed by atoms with Gasteiger partial charge in [0.15, 0.2) is 0 Å². The van der Waals surface area contributed by atoms with Crippen LogP contribution >= 0.6 is 31.9 Å². The summed E-state index contributed by atoms with van der Waals surface area (Å²) in [5.41, 5.74) is 2.80. The minimum absolute atomic E-state index is 0.00759. The van der Waals surface area contributed by atoms with Crippen LogP contribution in [-0.4, -0.2) is 51.4 Å². The van der Waals surface area contributed by atoms with E-state index in [9.17, 15) is 14.4 Å². The first-order valence-electron chi connectivity index (χ1n) is 14.7. The van der Waals surface area contributed by atoms with Crippen molar-refractivity contribution in [1.82, 2.24) is 9.80 Å². The van der Waals surface area contributed by atoms with Gasteiger partial charge in [-0.1, -0.05) is 122 Å². The Balaban J connectivity index is 2.11. The number of carbonyl (C=O) groups is 3. The number of rotatable bonds is 12. The average Bonchev–Trinajstić information content (AvgIpc) is 2.91. The molecule has 0 unspecified atom stereocenters. The largest absolute Gasteiger partial charge is 0.333 e. The van der Waals surface area contributed by atoms with E-state index in [0.29, 0.717) is 25.9 Å².